The van der Waals surface area contributed by atoms with E-state index in [9.17, 15) is 0 Å². The van der Waals surface area contributed by atoms with Crippen LogP contribution in [0.5, 0.6) is 0 Å². The summed E-state index contributed by atoms with van der Waals surface area (Å²) < 4.78 is 5.14. The van der Waals surface area contributed by atoms with E-state index >= 15 is 0 Å². The van der Waals surface area contributed by atoms with Crippen molar-refractivity contribution in [1.29, 1.82) is 0 Å². The van der Waals surface area contributed by atoms with E-state index in [0.29, 0.717) is 5.41 Å². The van der Waals surface area contributed by atoms with Crippen LogP contribution in [0.1, 0.15) is 52.4 Å². The van der Waals surface area contributed by atoms with Gasteiger partial charge >= 0.3 is 0 Å². The first kappa shape index (κ1) is 14.3. The smallest absolute Gasteiger partial charge is 0.0587 e. The lowest BCUT2D eigenvalue weighted by molar-refractivity contribution is 0.113. The van der Waals surface area contributed by atoms with Gasteiger partial charge in [0.25, 0.3) is 0 Å². The van der Waals surface area contributed by atoms with E-state index < -0.39 is 0 Å². The average Bonchev–Trinajstić information content (AvgIpc) is 2.95. The van der Waals surface area contributed by atoms with Gasteiger partial charge in [-0.15, -0.1) is 0 Å². The van der Waals surface area contributed by atoms with Gasteiger partial charge < -0.3 is 10.1 Å². The van der Waals surface area contributed by atoms with Crippen molar-refractivity contribution in [3.05, 3.63) is 0 Å². The van der Waals surface area contributed by atoms with Gasteiger partial charge in [0.1, 0.15) is 0 Å². The number of fused-ring (bicyclic) bond motifs is 2. The normalized spacial score (nSPS) is 36.2. The lowest BCUT2D eigenvalue weighted by Crippen LogP contribution is -2.41. The van der Waals surface area contributed by atoms with E-state index in [0.717, 1.165) is 30.9 Å². The molecule has 2 saturated carbocycles. The van der Waals surface area contributed by atoms with E-state index in [1.807, 2.05) is 0 Å². The van der Waals surface area contributed by atoms with Crippen molar-refractivity contribution < 1.29 is 4.74 Å². The molecule has 0 heterocycles. The zero-order chi connectivity index (χ0) is 13.0. The summed E-state index contributed by atoms with van der Waals surface area (Å²) in [7, 11) is 1.79. The Hall–Kier alpha value is -0.0800. The van der Waals surface area contributed by atoms with E-state index in [1.165, 1.54) is 45.1 Å². The third-order valence-corrected chi connectivity index (χ3v) is 5.51. The molecule has 2 aliphatic carbocycles. The highest BCUT2D eigenvalue weighted by atomic mass is 16.5. The minimum atomic E-state index is 0.617. The molecule has 2 fully saturated rings. The molecule has 0 radical (unpaired) electrons. The SMILES string of the molecule is CCC(C)CC1(CNCCOC)CC2CCC1C2. The highest BCUT2D eigenvalue weighted by molar-refractivity contribution is 5.01. The van der Waals surface area contributed by atoms with Crippen molar-refractivity contribution in [3.8, 4) is 0 Å². The van der Waals surface area contributed by atoms with Gasteiger partial charge in [0.2, 0.25) is 0 Å². The molecular weight excluding hydrogens is 222 g/mol. The molecule has 0 spiro atoms. The zero-order valence-corrected chi connectivity index (χ0v) is 12.5. The molecule has 2 rings (SSSR count). The topological polar surface area (TPSA) is 21.3 Å². The molecule has 4 atom stereocenters. The number of hydrogen-bond acceptors (Lipinski definition) is 2. The molecule has 0 aromatic carbocycles. The molecule has 0 aromatic heterocycles. The maximum Gasteiger partial charge on any atom is 0.0587 e. The van der Waals surface area contributed by atoms with Crippen LogP contribution in [0.25, 0.3) is 0 Å². The van der Waals surface area contributed by atoms with Crippen molar-refractivity contribution in [2.24, 2.45) is 23.2 Å². The molecule has 18 heavy (non-hydrogen) atoms. The Bertz CT molecular complexity index is 255. The first-order valence-corrected chi connectivity index (χ1v) is 7.90. The summed E-state index contributed by atoms with van der Waals surface area (Å²) in [6, 6.07) is 0. The predicted octanol–water partition coefficient (Wildman–Crippen LogP) is 3.47. The summed E-state index contributed by atoms with van der Waals surface area (Å²) in [5.74, 6) is 2.93. The number of methoxy groups -OCH3 is 1. The third-order valence-electron chi connectivity index (χ3n) is 5.51. The Morgan fingerprint density at radius 2 is 2.22 bits per heavy atom. The standard InChI is InChI=1S/C16H31NO/c1-4-13(2)10-16(12-17-7-8-18-3)11-14-5-6-15(16)9-14/h13-15,17H,4-12H2,1-3H3. The Labute approximate surface area is 113 Å². The van der Waals surface area contributed by atoms with Crippen molar-refractivity contribution in [2.75, 3.05) is 26.8 Å². The molecule has 4 unspecified atom stereocenters. The number of nitrogens with one attached hydrogen (secondary N) is 1. The highest BCUT2D eigenvalue weighted by Gasteiger charge is 2.50. The van der Waals surface area contributed by atoms with E-state index in [2.05, 4.69) is 19.2 Å². The largest absolute Gasteiger partial charge is 0.383 e. The minimum Gasteiger partial charge on any atom is -0.383 e. The molecule has 0 saturated heterocycles. The Balaban J connectivity index is 1.90. The van der Waals surface area contributed by atoms with Gasteiger partial charge in [-0.3, -0.25) is 0 Å². The molecule has 1 N–H and O–H groups in total. The molecule has 0 aliphatic heterocycles. The van der Waals surface area contributed by atoms with Crippen LogP contribution in [-0.4, -0.2) is 26.8 Å². The first-order valence-electron chi connectivity index (χ1n) is 7.90. The summed E-state index contributed by atoms with van der Waals surface area (Å²) >= 11 is 0. The molecule has 0 amide bonds. The quantitative estimate of drug-likeness (QED) is 0.669. The second-order valence-electron chi connectivity index (χ2n) is 6.83. The van der Waals surface area contributed by atoms with Gasteiger partial charge in [-0.05, 0) is 48.9 Å². The maximum atomic E-state index is 5.14. The molecule has 2 nitrogen and oxygen atoms in total. The van der Waals surface area contributed by atoms with Crippen molar-refractivity contribution in [3.63, 3.8) is 0 Å². The predicted molar refractivity (Wildman–Crippen MR) is 76.7 cm³/mol. The van der Waals surface area contributed by atoms with Gasteiger partial charge in [-0.1, -0.05) is 26.7 Å². The summed E-state index contributed by atoms with van der Waals surface area (Å²) in [6.07, 6.45) is 8.77. The average molecular weight is 253 g/mol. The van der Waals surface area contributed by atoms with E-state index in [-0.39, 0.29) is 0 Å². The van der Waals surface area contributed by atoms with Crippen LogP contribution in [-0.2, 0) is 4.74 Å². The fourth-order valence-electron chi connectivity index (χ4n) is 4.45. The lowest BCUT2D eigenvalue weighted by Gasteiger charge is -2.40. The van der Waals surface area contributed by atoms with Crippen molar-refractivity contribution >= 4 is 0 Å². The van der Waals surface area contributed by atoms with Crippen LogP contribution in [0.3, 0.4) is 0 Å². The van der Waals surface area contributed by atoms with Crippen LogP contribution in [0.4, 0.5) is 0 Å². The molecular formula is C16H31NO. The second kappa shape index (κ2) is 6.38. The monoisotopic (exact) mass is 253 g/mol. The van der Waals surface area contributed by atoms with E-state index in [1.54, 1.807) is 7.11 Å². The fourth-order valence-corrected chi connectivity index (χ4v) is 4.45. The number of rotatable bonds is 8. The molecule has 106 valence electrons. The molecule has 0 aromatic rings. The third kappa shape index (κ3) is 3.08. The molecule has 2 heteroatoms. The van der Waals surface area contributed by atoms with Crippen LogP contribution < -0.4 is 5.32 Å². The van der Waals surface area contributed by atoms with Crippen LogP contribution >= 0.6 is 0 Å². The molecule has 2 aliphatic rings. The summed E-state index contributed by atoms with van der Waals surface area (Å²) in [5.41, 5.74) is 0.617. The first-order chi connectivity index (χ1) is 8.70. The van der Waals surface area contributed by atoms with Crippen molar-refractivity contribution in [1.82, 2.24) is 5.32 Å². The minimum absolute atomic E-state index is 0.617. The molecule has 2 bridgehead atoms. The Morgan fingerprint density at radius 1 is 1.39 bits per heavy atom. The highest BCUT2D eigenvalue weighted by Crippen LogP contribution is 2.58. The van der Waals surface area contributed by atoms with Gasteiger partial charge in [-0.25, -0.2) is 0 Å². The number of ether oxygens (including phenoxy) is 1. The summed E-state index contributed by atoms with van der Waals surface area (Å²) in [5, 5.41) is 3.66. The van der Waals surface area contributed by atoms with Crippen LogP contribution in [0.2, 0.25) is 0 Å². The number of hydrogen-bond donors (Lipinski definition) is 1. The lowest BCUT2D eigenvalue weighted by atomic mass is 9.68. The fraction of sp³-hybridized carbons (Fsp3) is 1.00. The Kier molecular flexibility index (Phi) is 5.08. The zero-order valence-electron chi connectivity index (χ0n) is 12.5. The van der Waals surface area contributed by atoms with Gasteiger partial charge in [0, 0.05) is 20.2 Å². The summed E-state index contributed by atoms with van der Waals surface area (Å²) in [6.45, 7) is 7.85. The van der Waals surface area contributed by atoms with Crippen LogP contribution in [0, 0.1) is 23.2 Å². The van der Waals surface area contributed by atoms with Crippen LogP contribution in [0.15, 0.2) is 0 Å². The summed E-state index contributed by atoms with van der Waals surface area (Å²) in [4.78, 5) is 0. The van der Waals surface area contributed by atoms with Gasteiger partial charge in [-0.2, -0.15) is 0 Å². The second-order valence-corrected chi connectivity index (χ2v) is 6.83. The van der Waals surface area contributed by atoms with Gasteiger partial charge in [0.15, 0.2) is 0 Å². The van der Waals surface area contributed by atoms with Crippen molar-refractivity contribution in [2.45, 2.75) is 52.4 Å². The van der Waals surface area contributed by atoms with Gasteiger partial charge in [0.05, 0.1) is 6.61 Å². The Morgan fingerprint density at radius 3 is 2.78 bits per heavy atom. The van der Waals surface area contributed by atoms with E-state index in [4.69, 9.17) is 4.74 Å². The maximum absolute atomic E-state index is 5.14.